The van der Waals surface area contributed by atoms with Gasteiger partial charge in [0.15, 0.2) is 0 Å². The van der Waals surface area contributed by atoms with Gasteiger partial charge in [-0.05, 0) is 36.8 Å². The molecule has 1 atom stereocenters. The topological polar surface area (TPSA) is 86.9 Å². The van der Waals surface area contributed by atoms with Gasteiger partial charge in [0.2, 0.25) is 5.91 Å². The Morgan fingerprint density at radius 3 is 2.67 bits per heavy atom. The molecule has 3 rings (SSSR count). The van der Waals surface area contributed by atoms with E-state index in [1.54, 1.807) is 36.4 Å². The Balaban J connectivity index is 1.80. The highest BCUT2D eigenvalue weighted by Crippen LogP contribution is 2.25. The first-order valence-electron chi connectivity index (χ1n) is 8.42. The van der Waals surface area contributed by atoms with Gasteiger partial charge in [-0.15, -0.1) is 0 Å². The zero-order valence-electron chi connectivity index (χ0n) is 14.9. The van der Waals surface area contributed by atoms with E-state index < -0.39 is 5.82 Å². The number of carbonyl (C=O) groups is 2. The minimum Gasteiger partial charge on any atom is -0.345 e. The van der Waals surface area contributed by atoms with Gasteiger partial charge < -0.3 is 10.6 Å². The molecule has 27 heavy (non-hydrogen) atoms. The largest absolute Gasteiger partial charge is 0.345 e. The molecule has 1 unspecified atom stereocenters. The highest BCUT2D eigenvalue weighted by Gasteiger charge is 2.19. The lowest BCUT2D eigenvalue weighted by Gasteiger charge is -2.15. The van der Waals surface area contributed by atoms with Crippen LogP contribution in [0.2, 0.25) is 0 Å². The average Bonchev–Trinajstić information content (AvgIpc) is 3.11. The lowest BCUT2D eigenvalue weighted by atomic mass is 10.0. The Morgan fingerprint density at radius 1 is 1.15 bits per heavy atom. The highest BCUT2D eigenvalue weighted by molar-refractivity contribution is 6.00. The van der Waals surface area contributed by atoms with Crippen molar-refractivity contribution in [2.45, 2.75) is 19.9 Å². The number of carbonyl (C=O) groups excluding carboxylic acids is 2. The minimum absolute atomic E-state index is 0.170. The third-order valence-corrected chi connectivity index (χ3v) is 4.08. The predicted molar refractivity (Wildman–Crippen MR) is 101 cm³/mol. The number of amides is 2. The summed E-state index contributed by atoms with van der Waals surface area (Å²) >= 11 is 0. The van der Waals surface area contributed by atoms with Crippen LogP contribution >= 0.6 is 0 Å². The monoisotopic (exact) mass is 366 g/mol. The van der Waals surface area contributed by atoms with Crippen molar-refractivity contribution in [3.63, 3.8) is 0 Å². The van der Waals surface area contributed by atoms with Gasteiger partial charge in [0.05, 0.1) is 23.5 Å². The summed E-state index contributed by atoms with van der Waals surface area (Å²) in [6.07, 6.45) is 1.37. The molecule has 1 aromatic heterocycles. The second-order valence-corrected chi connectivity index (χ2v) is 6.14. The molecule has 0 saturated carbocycles. The normalized spacial score (nSPS) is 11.7. The number of hydrogen-bond acceptors (Lipinski definition) is 3. The molecule has 2 amide bonds. The number of halogens is 1. The van der Waals surface area contributed by atoms with Crippen LogP contribution in [0.3, 0.4) is 0 Å². The van der Waals surface area contributed by atoms with Crippen LogP contribution in [0.1, 0.15) is 35.8 Å². The Hall–Kier alpha value is -3.48. The first kappa shape index (κ1) is 18.3. The van der Waals surface area contributed by atoms with Crippen LogP contribution < -0.4 is 10.6 Å². The number of rotatable bonds is 5. The van der Waals surface area contributed by atoms with Crippen molar-refractivity contribution in [2.75, 3.05) is 5.32 Å². The van der Waals surface area contributed by atoms with E-state index in [9.17, 15) is 14.0 Å². The number of nitrogens with one attached hydrogen (secondary N) is 3. The standard InChI is InChI=1S/C20H19FN4O2/c1-12(14-6-5-7-15(10-14)24-13(2)26)23-20(27)17-11-22-25-19(17)16-8-3-4-9-18(16)21/h3-12H,1-2H3,(H,22,25)(H,23,27)(H,24,26). The molecule has 1 heterocycles. The van der Waals surface area contributed by atoms with Crippen molar-refractivity contribution in [1.29, 1.82) is 0 Å². The van der Waals surface area contributed by atoms with E-state index in [-0.39, 0.29) is 29.0 Å². The minimum atomic E-state index is -0.438. The smallest absolute Gasteiger partial charge is 0.255 e. The second kappa shape index (κ2) is 7.82. The number of anilines is 1. The van der Waals surface area contributed by atoms with Crippen LogP contribution in [0.15, 0.2) is 54.7 Å². The molecule has 0 spiro atoms. The summed E-state index contributed by atoms with van der Waals surface area (Å²) in [4.78, 5) is 23.9. The summed E-state index contributed by atoms with van der Waals surface area (Å²) < 4.78 is 14.1. The van der Waals surface area contributed by atoms with Gasteiger partial charge in [-0.25, -0.2) is 4.39 Å². The Labute approximate surface area is 155 Å². The summed E-state index contributed by atoms with van der Waals surface area (Å²) in [7, 11) is 0. The molecular weight excluding hydrogens is 347 g/mol. The molecule has 7 heteroatoms. The van der Waals surface area contributed by atoms with Crippen molar-refractivity contribution in [3.05, 3.63) is 71.7 Å². The van der Waals surface area contributed by atoms with Crippen molar-refractivity contribution < 1.29 is 14.0 Å². The SMILES string of the molecule is CC(=O)Nc1cccc(C(C)NC(=O)c2cn[nH]c2-c2ccccc2F)c1. The number of aromatic nitrogens is 2. The number of H-pyrrole nitrogens is 1. The quantitative estimate of drug-likeness (QED) is 0.644. The maximum atomic E-state index is 14.1. The van der Waals surface area contributed by atoms with E-state index in [0.29, 0.717) is 11.4 Å². The van der Waals surface area contributed by atoms with Gasteiger partial charge in [-0.1, -0.05) is 24.3 Å². The first-order valence-corrected chi connectivity index (χ1v) is 8.42. The van der Waals surface area contributed by atoms with Crippen LogP contribution in [0.4, 0.5) is 10.1 Å². The fraction of sp³-hybridized carbons (Fsp3) is 0.150. The summed E-state index contributed by atoms with van der Waals surface area (Å²) in [5, 5.41) is 12.2. The van der Waals surface area contributed by atoms with Crippen LogP contribution in [-0.2, 0) is 4.79 Å². The molecule has 2 aromatic carbocycles. The van der Waals surface area contributed by atoms with E-state index >= 15 is 0 Å². The van der Waals surface area contributed by atoms with E-state index in [1.165, 1.54) is 19.2 Å². The van der Waals surface area contributed by atoms with E-state index in [1.807, 2.05) is 13.0 Å². The molecule has 0 aliphatic rings. The maximum absolute atomic E-state index is 14.1. The molecular formula is C20H19FN4O2. The van der Waals surface area contributed by atoms with Gasteiger partial charge in [0, 0.05) is 18.2 Å². The Bertz CT molecular complexity index is 983. The molecule has 0 fully saturated rings. The number of aromatic amines is 1. The molecule has 0 bridgehead atoms. The molecule has 0 aliphatic heterocycles. The number of hydrogen-bond donors (Lipinski definition) is 3. The molecule has 0 saturated heterocycles. The first-order chi connectivity index (χ1) is 13.0. The molecule has 0 aliphatic carbocycles. The summed E-state index contributed by atoms with van der Waals surface area (Å²) in [6.45, 7) is 3.26. The zero-order valence-corrected chi connectivity index (χ0v) is 14.9. The van der Waals surface area contributed by atoms with Crippen molar-refractivity contribution in [1.82, 2.24) is 15.5 Å². The fourth-order valence-electron chi connectivity index (χ4n) is 2.77. The molecule has 3 aromatic rings. The lowest BCUT2D eigenvalue weighted by molar-refractivity contribution is -0.114. The molecule has 0 radical (unpaired) electrons. The Kier molecular flexibility index (Phi) is 5.30. The van der Waals surface area contributed by atoms with Gasteiger partial charge in [-0.2, -0.15) is 5.10 Å². The van der Waals surface area contributed by atoms with Crippen LogP contribution in [-0.4, -0.2) is 22.0 Å². The van der Waals surface area contributed by atoms with Gasteiger partial charge >= 0.3 is 0 Å². The van der Waals surface area contributed by atoms with Gasteiger partial charge in [0.25, 0.3) is 5.91 Å². The Morgan fingerprint density at radius 2 is 1.93 bits per heavy atom. The van der Waals surface area contributed by atoms with Gasteiger partial charge in [-0.3, -0.25) is 14.7 Å². The fourth-order valence-corrected chi connectivity index (χ4v) is 2.77. The number of nitrogens with zero attached hydrogens (tertiary/aromatic N) is 1. The van der Waals surface area contributed by atoms with E-state index in [4.69, 9.17) is 0 Å². The van der Waals surface area contributed by atoms with Crippen LogP contribution in [0.5, 0.6) is 0 Å². The zero-order chi connectivity index (χ0) is 19.4. The summed E-state index contributed by atoms with van der Waals surface area (Å²) in [5.41, 5.74) is 2.33. The van der Waals surface area contributed by atoms with Gasteiger partial charge in [0.1, 0.15) is 5.82 Å². The highest BCUT2D eigenvalue weighted by atomic mass is 19.1. The number of benzene rings is 2. The van der Waals surface area contributed by atoms with Crippen molar-refractivity contribution in [2.24, 2.45) is 0 Å². The summed E-state index contributed by atoms with van der Waals surface area (Å²) in [5.74, 6) is -0.983. The second-order valence-electron chi connectivity index (χ2n) is 6.14. The average molecular weight is 366 g/mol. The third-order valence-electron chi connectivity index (χ3n) is 4.08. The van der Waals surface area contributed by atoms with Crippen LogP contribution in [0, 0.1) is 5.82 Å². The summed E-state index contributed by atoms with van der Waals surface area (Å²) in [6, 6.07) is 13.1. The maximum Gasteiger partial charge on any atom is 0.255 e. The predicted octanol–water partition coefficient (Wildman–Crippen LogP) is 3.67. The molecule has 3 N–H and O–H groups in total. The van der Waals surface area contributed by atoms with Crippen molar-refractivity contribution >= 4 is 17.5 Å². The van der Waals surface area contributed by atoms with E-state index in [0.717, 1.165) is 5.56 Å². The van der Waals surface area contributed by atoms with Crippen LogP contribution in [0.25, 0.3) is 11.3 Å². The lowest BCUT2D eigenvalue weighted by Crippen LogP contribution is -2.27. The third kappa shape index (κ3) is 4.20. The van der Waals surface area contributed by atoms with Crippen molar-refractivity contribution in [3.8, 4) is 11.3 Å². The molecule has 138 valence electrons. The molecule has 6 nitrogen and oxygen atoms in total. The van der Waals surface area contributed by atoms with E-state index in [2.05, 4.69) is 20.8 Å².